The summed E-state index contributed by atoms with van der Waals surface area (Å²) in [6, 6.07) is 9.26. The third-order valence-electron chi connectivity index (χ3n) is 8.12. The molecule has 2 saturated heterocycles. The summed E-state index contributed by atoms with van der Waals surface area (Å²) in [5, 5.41) is 3.90. The van der Waals surface area contributed by atoms with Gasteiger partial charge in [-0.3, -0.25) is 4.79 Å². The predicted octanol–water partition coefficient (Wildman–Crippen LogP) is 6.06. The predicted molar refractivity (Wildman–Crippen MR) is 162 cm³/mol. The average Bonchev–Trinajstić information content (AvgIpc) is 2.90. The number of hydrogen-bond donors (Lipinski definition) is 1. The number of anilines is 1. The topological polar surface area (TPSA) is 57.7 Å². The molecule has 2 aliphatic rings. The number of nitrogens with zero attached hydrogens (tertiary/aromatic N) is 3. The van der Waals surface area contributed by atoms with Gasteiger partial charge in [-0.15, -0.1) is 0 Å². The van der Waals surface area contributed by atoms with Crippen LogP contribution >= 0.6 is 0 Å². The Balaban J connectivity index is 1.06. The molecule has 0 saturated carbocycles. The molecule has 4 rings (SSSR count). The normalized spacial score (nSPS) is 17.2. The van der Waals surface area contributed by atoms with Crippen LogP contribution in [0.4, 0.5) is 5.82 Å². The number of pyridine rings is 1. The van der Waals surface area contributed by atoms with Crippen LogP contribution in [0, 0.1) is 19.8 Å². The van der Waals surface area contributed by atoms with Gasteiger partial charge in [0.1, 0.15) is 11.6 Å². The van der Waals surface area contributed by atoms with Gasteiger partial charge in [0.05, 0.1) is 6.61 Å². The molecule has 6 nitrogen and oxygen atoms in total. The van der Waals surface area contributed by atoms with Crippen molar-refractivity contribution >= 4 is 17.7 Å². The first-order valence-electron chi connectivity index (χ1n) is 14.9. The van der Waals surface area contributed by atoms with Crippen molar-refractivity contribution in [2.75, 3.05) is 44.2 Å². The van der Waals surface area contributed by atoms with Crippen molar-refractivity contribution in [2.24, 2.45) is 5.92 Å². The maximum absolute atomic E-state index is 12.3. The van der Waals surface area contributed by atoms with E-state index in [1.54, 1.807) is 0 Å². The molecule has 3 heterocycles. The molecule has 0 atom stereocenters. The molecular weight excluding hydrogens is 484 g/mol. The summed E-state index contributed by atoms with van der Waals surface area (Å²) in [4.78, 5) is 21.9. The van der Waals surface area contributed by atoms with E-state index in [-0.39, 0.29) is 11.7 Å². The zero-order valence-corrected chi connectivity index (χ0v) is 24.7. The maximum atomic E-state index is 12.3. The number of ketones is 1. The lowest BCUT2D eigenvalue weighted by molar-refractivity contribution is 0.0938. The number of allylic oxidation sites excluding steroid dienone is 1. The van der Waals surface area contributed by atoms with E-state index >= 15 is 0 Å². The summed E-state index contributed by atoms with van der Waals surface area (Å²) in [5.74, 6) is 2.18. The van der Waals surface area contributed by atoms with E-state index in [2.05, 4.69) is 52.2 Å². The first-order valence-corrected chi connectivity index (χ1v) is 14.9. The van der Waals surface area contributed by atoms with Crippen molar-refractivity contribution in [1.29, 1.82) is 0 Å². The number of nitrogens with one attached hydrogen (secondary N) is 1. The number of rotatable bonds is 13. The number of hydrogen-bond acceptors (Lipinski definition) is 6. The molecular formula is C33H48N4O2. The highest BCUT2D eigenvalue weighted by molar-refractivity contribution is 5.98. The average molecular weight is 533 g/mol. The Kier molecular flexibility index (Phi) is 10.6. The van der Waals surface area contributed by atoms with Crippen LogP contribution in [0.1, 0.15) is 79.9 Å². The third kappa shape index (κ3) is 8.15. The Bertz CT molecular complexity index is 1110. The van der Waals surface area contributed by atoms with E-state index in [0.29, 0.717) is 12.1 Å². The molecule has 39 heavy (non-hydrogen) atoms. The van der Waals surface area contributed by atoms with Gasteiger partial charge in [-0.1, -0.05) is 26.0 Å². The lowest BCUT2D eigenvalue weighted by atomic mass is 9.97. The molecule has 0 amide bonds. The van der Waals surface area contributed by atoms with E-state index in [1.165, 1.54) is 56.4 Å². The summed E-state index contributed by atoms with van der Waals surface area (Å²) in [6.45, 7) is 16.5. The molecule has 2 aromatic rings. The second-order valence-electron chi connectivity index (χ2n) is 11.7. The molecule has 0 aliphatic carbocycles. The van der Waals surface area contributed by atoms with E-state index < -0.39 is 0 Å². The standard InChI is InChI=1S/C33H48N4O2/c1-6-10-27-20-32(34-21-26(27)5)37-22-29(23-37)35-28-13-16-36(17-14-28)15-8-7-9-18-39-30-11-12-31(25(4)19-30)33(38)24(2)3/h6,10-12,19-21,24,28-29,35H,7-9,13-18,22-23H2,1-5H3/b10-6-. The minimum absolute atomic E-state index is 0.0191. The Morgan fingerprint density at radius 1 is 1.08 bits per heavy atom. The van der Waals surface area contributed by atoms with Crippen molar-refractivity contribution in [1.82, 2.24) is 15.2 Å². The smallest absolute Gasteiger partial charge is 0.165 e. The van der Waals surface area contributed by atoms with E-state index in [0.717, 1.165) is 48.8 Å². The largest absolute Gasteiger partial charge is 0.494 e. The Morgan fingerprint density at radius 3 is 2.54 bits per heavy atom. The number of Topliss-reactive ketones (excluding diaryl/α,β-unsaturated/α-hetero) is 1. The van der Waals surface area contributed by atoms with Gasteiger partial charge >= 0.3 is 0 Å². The first-order chi connectivity index (χ1) is 18.8. The van der Waals surface area contributed by atoms with Crippen molar-refractivity contribution in [2.45, 2.75) is 78.8 Å². The monoisotopic (exact) mass is 532 g/mol. The molecule has 0 bridgehead atoms. The maximum Gasteiger partial charge on any atom is 0.165 e. The van der Waals surface area contributed by atoms with Gasteiger partial charge in [0.25, 0.3) is 0 Å². The lowest BCUT2D eigenvalue weighted by Crippen LogP contribution is -2.61. The molecule has 1 N–H and O–H groups in total. The van der Waals surface area contributed by atoms with Gasteiger partial charge in [-0.25, -0.2) is 4.98 Å². The zero-order chi connectivity index (χ0) is 27.8. The minimum atomic E-state index is 0.0191. The summed E-state index contributed by atoms with van der Waals surface area (Å²) < 4.78 is 5.96. The Hall–Kier alpha value is -2.70. The number of carbonyl (C=O) groups is 1. The van der Waals surface area contributed by atoms with Crippen LogP contribution in [-0.2, 0) is 0 Å². The second-order valence-corrected chi connectivity index (χ2v) is 11.7. The van der Waals surface area contributed by atoms with Gasteiger partial charge in [-0.2, -0.15) is 0 Å². The van der Waals surface area contributed by atoms with Crippen LogP contribution in [0.3, 0.4) is 0 Å². The third-order valence-corrected chi connectivity index (χ3v) is 8.12. The molecule has 0 radical (unpaired) electrons. The van der Waals surface area contributed by atoms with Crippen LogP contribution in [-0.4, -0.2) is 67.1 Å². The van der Waals surface area contributed by atoms with Gasteiger partial charge in [0.2, 0.25) is 0 Å². The fourth-order valence-corrected chi connectivity index (χ4v) is 5.61. The highest BCUT2D eigenvalue weighted by atomic mass is 16.5. The lowest BCUT2D eigenvalue weighted by Gasteiger charge is -2.44. The Morgan fingerprint density at radius 2 is 1.85 bits per heavy atom. The molecule has 1 aromatic carbocycles. The molecule has 2 aliphatic heterocycles. The summed E-state index contributed by atoms with van der Waals surface area (Å²) >= 11 is 0. The first kappa shape index (κ1) is 29.3. The van der Waals surface area contributed by atoms with Crippen LogP contribution < -0.4 is 15.0 Å². The fraction of sp³-hybridized carbons (Fsp3) is 0.576. The molecule has 6 heteroatoms. The molecule has 0 unspecified atom stereocenters. The summed E-state index contributed by atoms with van der Waals surface area (Å²) in [6.07, 6.45) is 12.2. The highest BCUT2D eigenvalue weighted by Gasteiger charge is 2.30. The van der Waals surface area contributed by atoms with Crippen molar-refractivity contribution in [3.8, 4) is 5.75 Å². The van der Waals surface area contributed by atoms with Crippen molar-refractivity contribution < 1.29 is 9.53 Å². The fourth-order valence-electron chi connectivity index (χ4n) is 5.61. The van der Waals surface area contributed by atoms with Gasteiger partial charge in [0, 0.05) is 42.9 Å². The number of aromatic nitrogens is 1. The van der Waals surface area contributed by atoms with Crippen molar-refractivity contribution in [3.63, 3.8) is 0 Å². The number of unbranched alkanes of at least 4 members (excludes halogenated alkanes) is 2. The molecule has 212 valence electrons. The molecule has 1 aromatic heterocycles. The van der Waals surface area contributed by atoms with Crippen LogP contribution in [0.5, 0.6) is 5.75 Å². The number of piperidine rings is 1. The van der Waals surface area contributed by atoms with Gasteiger partial charge in [0.15, 0.2) is 5.78 Å². The Labute approximate surface area is 235 Å². The SMILES string of the molecule is C/C=C\c1cc(N2CC(NC3CCN(CCCCCOc4ccc(C(=O)C(C)C)c(C)c4)CC3)C2)ncc1C. The second kappa shape index (κ2) is 14.1. The zero-order valence-electron chi connectivity index (χ0n) is 24.7. The van der Waals surface area contributed by atoms with Gasteiger partial charge < -0.3 is 19.9 Å². The van der Waals surface area contributed by atoms with E-state index in [9.17, 15) is 4.79 Å². The summed E-state index contributed by atoms with van der Waals surface area (Å²) in [7, 11) is 0. The van der Waals surface area contributed by atoms with Crippen LogP contribution in [0.2, 0.25) is 0 Å². The number of likely N-dealkylation sites (tertiary alicyclic amines) is 1. The number of carbonyl (C=O) groups excluding carboxylic acids is 1. The highest BCUT2D eigenvalue weighted by Crippen LogP contribution is 2.24. The van der Waals surface area contributed by atoms with E-state index in [4.69, 9.17) is 4.74 Å². The minimum Gasteiger partial charge on any atom is -0.494 e. The quantitative estimate of drug-likeness (QED) is 0.250. The number of ether oxygens (including phenoxy) is 1. The number of benzene rings is 1. The van der Waals surface area contributed by atoms with Crippen molar-refractivity contribution in [3.05, 3.63) is 58.8 Å². The van der Waals surface area contributed by atoms with Crippen LogP contribution in [0.15, 0.2) is 36.5 Å². The van der Waals surface area contributed by atoms with E-state index in [1.807, 2.05) is 45.2 Å². The number of aryl methyl sites for hydroxylation is 2. The van der Waals surface area contributed by atoms with Gasteiger partial charge in [-0.05, 0) is 113 Å². The molecule has 2 fully saturated rings. The van der Waals surface area contributed by atoms with Crippen LogP contribution in [0.25, 0.3) is 6.08 Å². The molecule has 0 spiro atoms. The summed E-state index contributed by atoms with van der Waals surface area (Å²) in [5.41, 5.74) is 4.30.